The lowest BCUT2D eigenvalue weighted by molar-refractivity contribution is 0.295. The average molecular weight is 353 g/mol. The van der Waals surface area contributed by atoms with Crippen molar-refractivity contribution < 1.29 is 9.15 Å². The number of hydrogen-bond donors (Lipinski definition) is 0. The summed E-state index contributed by atoms with van der Waals surface area (Å²) in [6.07, 6.45) is 3.58. The van der Waals surface area contributed by atoms with Gasteiger partial charge in [-0.25, -0.2) is 4.98 Å². The van der Waals surface area contributed by atoms with Crippen molar-refractivity contribution in [3.8, 4) is 10.9 Å². The Balaban J connectivity index is 1.59. The van der Waals surface area contributed by atoms with Crippen molar-refractivity contribution >= 4 is 32.7 Å². The van der Waals surface area contributed by atoms with Crippen molar-refractivity contribution in [2.75, 3.05) is 13.1 Å². The molecule has 0 aliphatic carbocycles. The van der Waals surface area contributed by atoms with Gasteiger partial charge >= 0.3 is 0 Å². The molecule has 0 amide bonds. The van der Waals surface area contributed by atoms with Crippen molar-refractivity contribution in [2.24, 2.45) is 0 Å². The SMILES string of the molecule is CCN(CC)Cc1coc2cc(Oc3nc4ncccc4s3)ccc12. The summed E-state index contributed by atoms with van der Waals surface area (Å²) in [7, 11) is 0. The van der Waals surface area contributed by atoms with Gasteiger partial charge < -0.3 is 9.15 Å². The van der Waals surface area contributed by atoms with E-state index in [1.54, 1.807) is 6.20 Å². The molecule has 0 bridgehead atoms. The first kappa shape index (κ1) is 16.1. The molecule has 0 saturated carbocycles. The Morgan fingerprint density at radius 2 is 2.08 bits per heavy atom. The largest absolute Gasteiger partial charge is 0.464 e. The van der Waals surface area contributed by atoms with Crippen LogP contribution in [-0.4, -0.2) is 28.0 Å². The normalized spacial score (nSPS) is 11.6. The molecule has 0 saturated heterocycles. The Morgan fingerprint density at radius 1 is 1.20 bits per heavy atom. The first-order chi connectivity index (χ1) is 12.3. The van der Waals surface area contributed by atoms with E-state index in [1.165, 1.54) is 16.9 Å². The van der Waals surface area contributed by atoms with Crippen LogP contribution in [0.3, 0.4) is 0 Å². The molecule has 1 aromatic carbocycles. The number of thiazole rings is 1. The van der Waals surface area contributed by atoms with E-state index in [-0.39, 0.29) is 0 Å². The van der Waals surface area contributed by atoms with Crippen molar-refractivity contribution in [1.82, 2.24) is 14.9 Å². The number of furan rings is 1. The van der Waals surface area contributed by atoms with Gasteiger partial charge in [0, 0.05) is 29.8 Å². The molecule has 0 fully saturated rings. The smallest absolute Gasteiger partial charge is 0.281 e. The summed E-state index contributed by atoms with van der Waals surface area (Å²) in [5, 5.41) is 1.72. The van der Waals surface area contributed by atoms with E-state index in [0.29, 0.717) is 10.8 Å². The number of aromatic nitrogens is 2. The Kier molecular flexibility index (Phi) is 4.38. The van der Waals surface area contributed by atoms with Gasteiger partial charge in [-0.1, -0.05) is 25.2 Å². The number of benzene rings is 1. The maximum Gasteiger partial charge on any atom is 0.281 e. The molecule has 0 unspecified atom stereocenters. The van der Waals surface area contributed by atoms with Gasteiger partial charge in [-0.2, -0.15) is 4.98 Å². The Labute approximate surface area is 149 Å². The third kappa shape index (κ3) is 3.23. The van der Waals surface area contributed by atoms with E-state index in [0.717, 1.165) is 41.1 Å². The highest BCUT2D eigenvalue weighted by molar-refractivity contribution is 7.20. The minimum atomic E-state index is 0.586. The predicted molar refractivity (Wildman–Crippen MR) is 100 cm³/mol. The molecule has 4 rings (SSSR count). The van der Waals surface area contributed by atoms with Gasteiger partial charge in [0.25, 0.3) is 5.19 Å². The maximum absolute atomic E-state index is 5.90. The van der Waals surface area contributed by atoms with Gasteiger partial charge in [0.15, 0.2) is 5.65 Å². The molecule has 6 heteroatoms. The molecule has 4 aromatic rings. The van der Waals surface area contributed by atoms with Crippen LogP contribution < -0.4 is 4.74 Å². The standard InChI is InChI=1S/C19H19N3O2S/c1-3-22(4-2)11-13-12-23-16-10-14(7-8-15(13)16)24-19-21-18-17(25-19)6-5-9-20-18/h5-10,12H,3-4,11H2,1-2H3. The number of ether oxygens (including phenoxy) is 1. The van der Waals surface area contributed by atoms with E-state index in [4.69, 9.17) is 9.15 Å². The lowest BCUT2D eigenvalue weighted by Crippen LogP contribution is -2.21. The zero-order chi connectivity index (χ0) is 17.2. The monoisotopic (exact) mass is 353 g/mol. The minimum absolute atomic E-state index is 0.586. The van der Waals surface area contributed by atoms with Gasteiger partial charge in [0.05, 0.1) is 11.0 Å². The lowest BCUT2D eigenvalue weighted by atomic mass is 10.1. The number of rotatable bonds is 6. The third-order valence-electron chi connectivity index (χ3n) is 4.27. The second-order valence-electron chi connectivity index (χ2n) is 5.79. The summed E-state index contributed by atoms with van der Waals surface area (Å²) in [6, 6.07) is 9.82. The summed E-state index contributed by atoms with van der Waals surface area (Å²) in [6.45, 7) is 7.28. The quantitative estimate of drug-likeness (QED) is 0.484. The zero-order valence-corrected chi connectivity index (χ0v) is 15.0. The molecule has 0 N–H and O–H groups in total. The van der Waals surface area contributed by atoms with Crippen LogP contribution in [0.5, 0.6) is 10.9 Å². The molecule has 0 aliphatic heterocycles. The number of hydrogen-bond acceptors (Lipinski definition) is 6. The minimum Gasteiger partial charge on any atom is -0.464 e. The highest BCUT2D eigenvalue weighted by atomic mass is 32.1. The van der Waals surface area contributed by atoms with Crippen molar-refractivity contribution in [2.45, 2.75) is 20.4 Å². The average Bonchev–Trinajstić information content (AvgIpc) is 3.22. The summed E-state index contributed by atoms with van der Waals surface area (Å²) < 4.78 is 12.7. The fourth-order valence-corrected chi connectivity index (χ4v) is 3.63. The highest BCUT2D eigenvalue weighted by Gasteiger charge is 2.12. The fourth-order valence-electron chi connectivity index (χ4n) is 2.83. The van der Waals surface area contributed by atoms with E-state index >= 15 is 0 Å². The Bertz CT molecular complexity index is 971. The van der Waals surface area contributed by atoms with Crippen LogP contribution in [0, 0.1) is 0 Å². The van der Waals surface area contributed by atoms with E-state index < -0.39 is 0 Å². The van der Waals surface area contributed by atoms with Crippen molar-refractivity contribution in [3.05, 3.63) is 48.4 Å². The van der Waals surface area contributed by atoms with Gasteiger partial charge in [-0.15, -0.1) is 0 Å². The number of nitrogens with zero attached hydrogens (tertiary/aromatic N) is 3. The molecule has 3 aromatic heterocycles. The highest BCUT2D eigenvalue weighted by Crippen LogP contribution is 2.32. The summed E-state index contributed by atoms with van der Waals surface area (Å²) in [4.78, 5) is 11.0. The Morgan fingerprint density at radius 3 is 2.88 bits per heavy atom. The van der Waals surface area contributed by atoms with E-state index in [1.807, 2.05) is 30.5 Å². The molecule has 25 heavy (non-hydrogen) atoms. The summed E-state index contributed by atoms with van der Waals surface area (Å²) >= 11 is 1.48. The zero-order valence-electron chi connectivity index (χ0n) is 14.2. The van der Waals surface area contributed by atoms with Crippen molar-refractivity contribution in [1.29, 1.82) is 0 Å². The van der Waals surface area contributed by atoms with Crippen LogP contribution in [-0.2, 0) is 6.54 Å². The molecule has 3 heterocycles. The van der Waals surface area contributed by atoms with Gasteiger partial charge in [-0.3, -0.25) is 4.90 Å². The van der Waals surface area contributed by atoms with Crippen molar-refractivity contribution in [3.63, 3.8) is 0 Å². The van der Waals surface area contributed by atoms with Crippen LogP contribution in [0.4, 0.5) is 0 Å². The lowest BCUT2D eigenvalue weighted by Gasteiger charge is -2.16. The molecular formula is C19H19N3O2S. The summed E-state index contributed by atoms with van der Waals surface area (Å²) in [5.41, 5.74) is 2.75. The number of fused-ring (bicyclic) bond motifs is 2. The molecule has 0 radical (unpaired) electrons. The molecule has 128 valence electrons. The first-order valence-corrected chi connectivity index (χ1v) is 9.20. The maximum atomic E-state index is 5.90. The predicted octanol–water partition coefficient (Wildman–Crippen LogP) is 5.07. The molecule has 0 atom stereocenters. The summed E-state index contributed by atoms with van der Waals surface area (Å²) in [5.74, 6) is 0.718. The van der Waals surface area contributed by atoms with E-state index in [9.17, 15) is 0 Å². The number of pyridine rings is 1. The molecule has 5 nitrogen and oxygen atoms in total. The van der Waals surface area contributed by atoms with Crippen LogP contribution >= 0.6 is 11.3 Å². The molecular weight excluding hydrogens is 334 g/mol. The topological polar surface area (TPSA) is 51.4 Å². The second-order valence-corrected chi connectivity index (χ2v) is 6.78. The third-order valence-corrected chi connectivity index (χ3v) is 5.15. The second kappa shape index (κ2) is 6.82. The van der Waals surface area contributed by atoms with Crippen LogP contribution in [0.2, 0.25) is 0 Å². The first-order valence-electron chi connectivity index (χ1n) is 8.38. The van der Waals surface area contributed by atoms with Gasteiger partial charge in [-0.05, 0) is 37.4 Å². The van der Waals surface area contributed by atoms with Crippen LogP contribution in [0.15, 0.2) is 47.2 Å². The molecule has 0 aliphatic rings. The Hall–Kier alpha value is -2.44. The van der Waals surface area contributed by atoms with Gasteiger partial charge in [0.2, 0.25) is 0 Å². The van der Waals surface area contributed by atoms with Gasteiger partial charge in [0.1, 0.15) is 11.3 Å². The van der Waals surface area contributed by atoms with Crippen LogP contribution in [0.1, 0.15) is 19.4 Å². The molecule has 0 spiro atoms. The van der Waals surface area contributed by atoms with E-state index in [2.05, 4.69) is 34.8 Å². The fraction of sp³-hybridized carbons (Fsp3) is 0.263. The van der Waals surface area contributed by atoms with Crippen LogP contribution in [0.25, 0.3) is 21.3 Å².